The molecule has 0 unspecified atom stereocenters. The Bertz CT molecular complexity index is 358. The van der Waals surface area contributed by atoms with Crippen molar-refractivity contribution < 1.29 is 14.1 Å². The van der Waals surface area contributed by atoms with Crippen molar-refractivity contribution in [3.63, 3.8) is 0 Å². The summed E-state index contributed by atoms with van der Waals surface area (Å²) in [5.41, 5.74) is 0. The van der Waals surface area contributed by atoms with Crippen molar-refractivity contribution in [3.8, 4) is 0 Å². The van der Waals surface area contributed by atoms with Gasteiger partial charge in [-0.05, 0) is 31.5 Å². The number of nitrogens with one attached hydrogen (secondary N) is 1. The zero-order valence-electron chi connectivity index (χ0n) is 9.23. The number of carbonyl (C=O) groups is 1. The minimum absolute atomic E-state index is 0.0161. The highest BCUT2D eigenvalue weighted by Gasteiger charge is 2.23. The van der Waals surface area contributed by atoms with Crippen LogP contribution in [0.25, 0.3) is 0 Å². The van der Waals surface area contributed by atoms with Crippen molar-refractivity contribution in [2.24, 2.45) is 0 Å². The summed E-state index contributed by atoms with van der Waals surface area (Å²) in [5, 5.41) is 6.87. The molecule has 2 rings (SSSR count). The number of rotatable bonds is 3. The predicted octanol–water partition coefficient (Wildman–Crippen LogP) is 0.713. The van der Waals surface area contributed by atoms with Gasteiger partial charge in [0.1, 0.15) is 0 Å². The van der Waals surface area contributed by atoms with E-state index in [1.54, 1.807) is 6.92 Å². The Kier molecular flexibility index (Phi) is 3.51. The van der Waals surface area contributed by atoms with Crippen molar-refractivity contribution in [2.45, 2.75) is 25.7 Å². The first kappa shape index (κ1) is 11.1. The first-order chi connectivity index (χ1) is 7.81. The molecule has 0 bridgehead atoms. The molecule has 6 nitrogen and oxygen atoms in total. The lowest BCUT2D eigenvalue weighted by Crippen LogP contribution is -2.28. The maximum atomic E-state index is 11.3. The summed E-state index contributed by atoms with van der Waals surface area (Å²) in [6.07, 6.45) is 2.10. The molecule has 0 saturated carbocycles. The minimum Gasteiger partial charge on any atom is -0.460 e. The van der Waals surface area contributed by atoms with Crippen molar-refractivity contribution in [1.82, 2.24) is 15.5 Å². The average Bonchev–Trinajstić information content (AvgIpc) is 2.80. The monoisotopic (exact) mass is 225 g/mol. The fraction of sp³-hybridized carbons (Fsp3) is 0.700. The molecule has 1 aromatic rings. The Balaban J connectivity index is 2.03. The Morgan fingerprint density at radius 2 is 2.56 bits per heavy atom. The molecule has 0 aromatic carbocycles. The van der Waals surface area contributed by atoms with Crippen LogP contribution in [0.2, 0.25) is 0 Å². The molecule has 16 heavy (non-hydrogen) atoms. The molecule has 1 aliphatic rings. The Morgan fingerprint density at radius 3 is 3.25 bits per heavy atom. The maximum absolute atomic E-state index is 11.3. The van der Waals surface area contributed by atoms with Crippen LogP contribution in [-0.4, -0.2) is 35.8 Å². The fourth-order valence-electron chi connectivity index (χ4n) is 1.74. The van der Waals surface area contributed by atoms with E-state index in [2.05, 4.69) is 15.5 Å². The van der Waals surface area contributed by atoms with Crippen molar-refractivity contribution in [1.29, 1.82) is 0 Å². The standard InChI is InChI=1S/C10H15N3O3/c1-2-15-10(14)8-12-9(16-13-8)7-4-3-5-11-6-7/h7,11H,2-6H2,1H3/t7-/m1/s1. The van der Waals surface area contributed by atoms with Crippen molar-refractivity contribution in [2.75, 3.05) is 19.7 Å². The van der Waals surface area contributed by atoms with Crippen LogP contribution in [0, 0.1) is 0 Å². The highest BCUT2D eigenvalue weighted by molar-refractivity contribution is 5.84. The second kappa shape index (κ2) is 5.07. The zero-order chi connectivity index (χ0) is 11.4. The molecule has 1 N–H and O–H groups in total. The van der Waals surface area contributed by atoms with Crippen LogP contribution in [0.5, 0.6) is 0 Å². The molecule has 88 valence electrons. The largest absolute Gasteiger partial charge is 0.460 e. The summed E-state index contributed by atoms with van der Waals surface area (Å²) in [5.74, 6) is 0.225. The summed E-state index contributed by atoms with van der Waals surface area (Å²) in [4.78, 5) is 15.4. The van der Waals surface area contributed by atoms with Gasteiger partial charge in [0.15, 0.2) is 0 Å². The number of hydrogen-bond acceptors (Lipinski definition) is 6. The number of aromatic nitrogens is 2. The Labute approximate surface area is 93.4 Å². The molecule has 1 aromatic heterocycles. The predicted molar refractivity (Wildman–Crippen MR) is 55.1 cm³/mol. The lowest BCUT2D eigenvalue weighted by molar-refractivity contribution is 0.0508. The van der Waals surface area contributed by atoms with E-state index in [1.165, 1.54) is 0 Å². The number of esters is 1. The molecule has 1 aliphatic heterocycles. The number of piperidine rings is 1. The lowest BCUT2D eigenvalue weighted by atomic mass is 10.00. The number of carbonyl (C=O) groups excluding carboxylic acids is 1. The van der Waals surface area contributed by atoms with Crippen molar-refractivity contribution >= 4 is 5.97 Å². The molecule has 2 heterocycles. The van der Waals surface area contributed by atoms with Gasteiger partial charge in [0, 0.05) is 6.54 Å². The van der Waals surface area contributed by atoms with Gasteiger partial charge in [0.05, 0.1) is 12.5 Å². The van der Waals surface area contributed by atoms with Gasteiger partial charge >= 0.3 is 5.97 Å². The average molecular weight is 225 g/mol. The lowest BCUT2D eigenvalue weighted by Gasteiger charge is -2.18. The first-order valence-corrected chi connectivity index (χ1v) is 5.52. The highest BCUT2D eigenvalue weighted by Crippen LogP contribution is 2.21. The van der Waals surface area contributed by atoms with Gasteiger partial charge in [0.25, 0.3) is 5.82 Å². The molecular weight excluding hydrogens is 210 g/mol. The van der Waals surface area contributed by atoms with E-state index < -0.39 is 5.97 Å². The van der Waals surface area contributed by atoms with Crippen LogP contribution in [0.1, 0.15) is 42.2 Å². The molecule has 0 radical (unpaired) electrons. The van der Waals surface area contributed by atoms with E-state index in [4.69, 9.17) is 9.26 Å². The third-order valence-electron chi connectivity index (χ3n) is 2.55. The summed E-state index contributed by atoms with van der Waals surface area (Å²) in [6.45, 7) is 3.90. The molecule has 1 atom stereocenters. The van der Waals surface area contributed by atoms with E-state index in [9.17, 15) is 4.79 Å². The molecule has 0 spiro atoms. The smallest absolute Gasteiger partial charge is 0.379 e. The van der Waals surface area contributed by atoms with Crippen LogP contribution in [-0.2, 0) is 4.74 Å². The van der Waals surface area contributed by atoms with Gasteiger partial charge in [-0.15, -0.1) is 0 Å². The van der Waals surface area contributed by atoms with Gasteiger partial charge in [-0.1, -0.05) is 0 Å². The number of nitrogens with zero attached hydrogens (tertiary/aromatic N) is 2. The van der Waals surface area contributed by atoms with Gasteiger partial charge in [-0.25, -0.2) is 4.79 Å². The molecule has 6 heteroatoms. The van der Waals surface area contributed by atoms with Crippen molar-refractivity contribution in [3.05, 3.63) is 11.7 Å². The quantitative estimate of drug-likeness (QED) is 0.763. The van der Waals surface area contributed by atoms with Crippen LogP contribution in [0.3, 0.4) is 0 Å². The first-order valence-electron chi connectivity index (χ1n) is 5.52. The van der Waals surface area contributed by atoms with Crippen LogP contribution >= 0.6 is 0 Å². The third-order valence-corrected chi connectivity index (χ3v) is 2.55. The van der Waals surface area contributed by atoms with E-state index in [1.807, 2.05) is 0 Å². The fourth-order valence-corrected chi connectivity index (χ4v) is 1.74. The molecular formula is C10H15N3O3. The van der Waals surface area contributed by atoms with E-state index in [-0.39, 0.29) is 11.7 Å². The van der Waals surface area contributed by atoms with Crippen LogP contribution < -0.4 is 5.32 Å². The van der Waals surface area contributed by atoms with Gasteiger partial charge in [-0.2, -0.15) is 4.98 Å². The topological polar surface area (TPSA) is 77.2 Å². The summed E-state index contributed by atoms with van der Waals surface area (Å²) in [7, 11) is 0. The van der Waals surface area contributed by atoms with E-state index >= 15 is 0 Å². The molecule has 1 saturated heterocycles. The minimum atomic E-state index is -0.527. The third kappa shape index (κ3) is 2.38. The summed E-state index contributed by atoms with van der Waals surface area (Å²) >= 11 is 0. The van der Waals surface area contributed by atoms with Gasteiger partial charge in [0.2, 0.25) is 5.89 Å². The van der Waals surface area contributed by atoms with Crippen LogP contribution in [0.4, 0.5) is 0 Å². The zero-order valence-corrected chi connectivity index (χ0v) is 9.23. The number of ether oxygens (including phenoxy) is 1. The SMILES string of the molecule is CCOC(=O)c1noc([C@@H]2CCCNC2)n1. The van der Waals surface area contributed by atoms with Crippen LogP contribution in [0.15, 0.2) is 4.52 Å². The summed E-state index contributed by atoms with van der Waals surface area (Å²) in [6, 6.07) is 0. The second-order valence-electron chi connectivity index (χ2n) is 3.72. The molecule has 0 aliphatic carbocycles. The highest BCUT2D eigenvalue weighted by atomic mass is 16.5. The normalized spacial score (nSPS) is 20.7. The second-order valence-corrected chi connectivity index (χ2v) is 3.72. The van der Waals surface area contributed by atoms with Gasteiger partial charge < -0.3 is 14.6 Å². The number of hydrogen-bond donors (Lipinski definition) is 1. The molecule has 0 amide bonds. The Morgan fingerprint density at radius 1 is 1.69 bits per heavy atom. The molecule has 1 fully saturated rings. The maximum Gasteiger partial charge on any atom is 0.379 e. The van der Waals surface area contributed by atoms with Gasteiger partial charge in [-0.3, -0.25) is 0 Å². The summed E-state index contributed by atoms with van der Waals surface area (Å²) < 4.78 is 9.86. The van der Waals surface area contributed by atoms with E-state index in [0.29, 0.717) is 12.5 Å². The Hall–Kier alpha value is -1.43. The van der Waals surface area contributed by atoms with E-state index in [0.717, 1.165) is 25.9 Å².